The van der Waals surface area contributed by atoms with Crippen LogP contribution in [0.3, 0.4) is 0 Å². The second-order valence-electron chi connectivity index (χ2n) is 5.00. The first-order chi connectivity index (χ1) is 8.75. The van der Waals surface area contributed by atoms with E-state index in [1.54, 1.807) is 0 Å². The monoisotopic (exact) mass is 245 g/mol. The van der Waals surface area contributed by atoms with Gasteiger partial charge in [0.15, 0.2) is 0 Å². The summed E-state index contributed by atoms with van der Waals surface area (Å²) >= 11 is 0. The fourth-order valence-corrected chi connectivity index (χ4v) is 2.66. The summed E-state index contributed by atoms with van der Waals surface area (Å²) in [4.78, 5) is 4.32. The third-order valence-corrected chi connectivity index (χ3v) is 3.74. The predicted octanol–water partition coefficient (Wildman–Crippen LogP) is 1.65. The molecular formula is C13H19N5. The minimum absolute atomic E-state index is 0.276. The number of rotatable bonds is 3. The molecule has 0 aliphatic carbocycles. The Morgan fingerprint density at radius 2 is 2.33 bits per heavy atom. The Bertz CT molecular complexity index is 521. The average Bonchev–Trinajstić information content (AvgIpc) is 3.08. The molecule has 3 heterocycles. The van der Waals surface area contributed by atoms with E-state index in [1.165, 1.54) is 24.1 Å². The minimum Gasteiger partial charge on any atom is -0.326 e. The van der Waals surface area contributed by atoms with E-state index in [0.29, 0.717) is 6.04 Å². The third kappa shape index (κ3) is 1.95. The molecule has 0 aromatic carbocycles. The number of hydrogen-bond donors (Lipinski definition) is 1. The van der Waals surface area contributed by atoms with Gasteiger partial charge in [0, 0.05) is 31.0 Å². The number of aromatic nitrogens is 4. The van der Waals surface area contributed by atoms with E-state index >= 15 is 0 Å². The van der Waals surface area contributed by atoms with Crippen LogP contribution in [0, 0.1) is 0 Å². The zero-order valence-electron chi connectivity index (χ0n) is 10.9. The van der Waals surface area contributed by atoms with Gasteiger partial charge in [-0.3, -0.25) is 4.68 Å². The van der Waals surface area contributed by atoms with Gasteiger partial charge >= 0.3 is 0 Å². The van der Waals surface area contributed by atoms with Gasteiger partial charge < -0.3 is 9.88 Å². The van der Waals surface area contributed by atoms with Crippen molar-refractivity contribution in [2.45, 2.75) is 31.8 Å². The summed E-state index contributed by atoms with van der Waals surface area (Å²) in [7, 11) is 1.95. The molecular weight excluding hydrogens is 226 g/mol. The van der Waals surface area contributed by atoms with Crippen molar-refractivity contribution >= 4 is 0 Å². The van der Waals surface area contributed by atoms with Gasteiger partial charge in [0.25, 0.3) is 0 Å². The van der Waals surface area contributed by atoms with E-state index in [2.05, 4.69) is 33.1 Å². The summed E-state index contributed by atoms with van der Waals surface area (Å²) in [6, 6.07) is 0.727. The van der Waals surface area contributed by atoms with Crippen LogP contribution in [0.1, 0.15) is 43.1 Å². The van der Waals surface area contributed by atoms with Gasteiger partial charge in [0.2, 0.25) is 0 Å². The molecule has 2 atom stereocenters. The van der Waals surface area contributed by atoms with Crippen LogP contribution in [0.25, 0.3) is 0 Å². The Labute approximate surface area is 107 Å². The summed E-state index contributed by atoms with van der Waals surface area (Å²) < 4.78 is 4.09. The summed E-state index contributed by atoms with van der Waals surface area (Å²) in [6.07, 6.45) is 10.3. The van der Waals surface area contributed by atoms with Gasteiger partial charge in [-0.15, -0.1) is 0 Å². The molecule has 0 bridgehead atoms. The highest BCUT2D eigenvalue weighted by Crippen LogP contribution is 2.27. The van der Waals surface area contributed by atoms with Crippen molar-refractivity contribution in [3.8, 4) is 0 Å². The molecule has 2 aromatic rings. The van der Waals surface area contributed by atoms with Gasteiger partial charge in [-0.1, -0.05) is 0 Å². The van der Waals surface area contributed by atoms with Crippen molar-refractivity contribution in [2.24, 2.45) is 7.05 Å². The number of hydrogen-bond acceptors (Lipinski definition) is 3. The van der Waals surface area contributed by atoms with E-state index < -0.39 is 0 Å². The van der Waals surface area contributed by atoms with E-state index in [0.717, 1.165) is 6.54 Å². The van der Waals surface area contributed by atoms with E-state index in [4.69, 9.17) is 0 Å². The van der Waals surface area contributed by atoms with Gasteiger partial charge in [0.05, 0.1) is 24.3 Å². The Balaban J connectivity index is 1.89. The summed E-state index contributed by atoms with van der Waals surface area (Å²) in [6.45, 7) is 3.30. The van der Waals surface area contributed by atoms with Crippen LogP contribution in [0.5, 0.6) is 0 Å². The van der Waals surface area contributed by atoms with Crippen molar-refractivity contribution in [2.75, 3.05) is 6.54 Å². The summed E-state index contributed by atoms with van der Waals surface area (Å²) in [5, 5.41) is 7.77. The quantitative estimate of drug-likeness (QED) is 0.894. The van der Waals surface area contributed by atoms with Gasteiger partial charge in [0.1, 0.15) is 0 Å². The normalized spacial score (nSPS) is 21.3. The molecule has 1 aliphatic rings. The molecule has 0 amide bonds. The van der Waals surface area contributed by atoms with Gasteiger partial charge in [-0.2, -0.15) is 5.10 Å². The molecule has 3 rings (SSSR count). The second kappa shape index (κ2) is 4.57. The maximum atomic E-state index is 4.32. The lowest BCUT2D eigenvalue weighted by Crippen LogP contribution is -2.18. The van der Waals surface area contributed by atoms with Crippen molar-refractivity contribution in [1.29, 1.82) is 0 Å². The van der Waals surface area contributed by atoms with E-state index in [9.17, 15) is 0 Å². The molecule has 5 nitrogen and oxygen atoms in total. The molecule has 0 spiro atoms. The average molecular weight is 245 g/mol. The van der Waals surface area contributed by atoms with Crippen molar-refractivity contribution in [3.05, 3.63) is 36.2 Å². The molecule has 2 unspecified atom stereocenters. The van der Waals surface area contributed by atoms with Crippen LogP contribution in [0.15, 0.2) is 24.9 Å². The Morgan fingerprint density at radius 1 is 1.44 bits per heavy atom. The minimum atomic E-state index is 0.276. The lowest BCUT2D eigenvalue weighted by molar-refractivity contribution is 0.538. The highest BCUT2D eigenvalue weighted by Gasteiger charge is 2.22. The highest BCUT2D eigenvalue weighted by molar-refractivity contribution is 5.16. The van der Waals surface area contributed by atoms with Crippen LogP contribution in [0.2, 0.25) is 0 Å². The van der Waals surface area contributed by atoms with Crippen LogP contribution in [0.4, 0.5) is 0 Å². The number of nitrogens with zero attached hydrogens (tertiary/aromatic N) is 4. The van der Waals surface area contributed by atoms with Crippen LogP contribution in [-0.4, -0.2) is 25.9 Å². The number of nitrogens with one attached hydrogen (secondary N) is 1. The first-order valence-electron chi connectivity index (χ1n) is 6.49. The first-order valence-corrected chi connectivity index (χ1v) is 6.49. The Kier molecular flexibility index (Phi) is 2.91. The molecule has 0 saturated carbocycles. The molecule has 5 heteroatoms. The fraction of sp³-hybridized carbons (Fsp3) is 0.538. The topological polar surface area (TPSA) is 47.7 Å². The predicted molar refractivity (Wildman–Crippen MR) is 69.2 cm³/mol. The molecule has 1 fully saturated rings. The first kappa shape index (κ1) is 11.5. The van der Waals surface area contributed by atoms with E-state index in [-0.39, 0.29) is 6.04 Å². The SMILES string of the molecule is CC(c1cnn(C)c1)n1cncc1C1CCCN1. The molecule has 0 radical (unpaired) electrons. The van der Waals surface area contributed by atoms with Crippen LogP contribution in [-0.2, 0) is 7.05 Å². The lowest BCUT2D eigenvalue weighted by Gasteiger charge is -2.18. The van der Waals surface area contributed by atoms with Crippen molar-refractivity contribution in [3.63, 3.8) is 0 Å². The molecule has 1 N–H and O–H groups in total. The number of imidazole rings is 1. The number of aryl methyl sites for hydroxylation is 1. The van der Waals surface area contributed by atoms with Gasteiger partial charge in [-0.25, -0.2) is 4.98 Å². The standard InChI is InChI=1S/C13H19N5/c1-10(11-6-16-17(2)8-11)18-9-14-7-13(18)12-4-3-5-15-12/h6-10,12,15H,3-5H2,1-2H3. The Morgan fingerprint density at radius 3 is 3.00 bits per heavy atom. The molecule has 1 aliphatic heterocycles. The summed E-state index contributed by atoms with van der Waals surface area (Å²) in [5.41, 5.74) is 2.50. The lowest BCUT2D eigenvalue weighted by atomic mass is 10.1. The van der Waals surface area contributed by atoms with Crippen LogP contribution < -0.4 is 5.32 Å². The second-order valence-corrected chi connectivity index (χ2v) is 5.00. The molecule has 2 aromatic heterocycles. The fourth-order valence-electron chi connectivity index (χ4n) is 2.66. The van der Waals surface area contributed by atoms with Crippen molar-refractivity contribution in [1.82, 2.24) is 24.6 Å². The maximum absolute atomic E-state index is 4.32. The van der Waals surface area contributed by atoms with Gasteiger partial charge in [-0.05, 0) is 26.3 Å². The smallest absolute Gasteiger partial charge is 0.0954 e. The van der Waals surface area contributed by atoms with E-state index in [1.807, 2.05) is 30.5 Å². The zero-order chi connectivity index (χ0) is 12.5. The molecule has 1 saturated heterocycles. The maximum Gasteiger partial charge on any atom is 0.0954 e. The summed E-state index contributed by atoms with van der Waals surface area (Å²) in [5.74, 6) is 0. The van der Waals surface area contributed by atoms with Crippen LogP contribution >= 0.6 is 0 Å². The third-order valence-electron chi connectivity index (χ3n) is 3.74. The largest absolute Gasteiger partial charge is 0.326 e. The highest BCUT2D eigenvalue weighted by atomic mass is 15.2. The molecule has 96 valence electrons. The zero-order valence-corrected chi connectivity index (χ0v) is 10.9. The van der Waals surface area contributed by atoms with Crippen molar-refractivity contribution < 1.29 is 0 Å². The molecule has 18 heavy (non-hydrogen) atoms. The Hall–Kier alpha value is -1.62.